The fourth-order valence-corrected chi connectivity index (χ4v) is 2.00. The number of ether oxygens (including phenoxy) is 1. The molecule has 0 unspecified atom stereocenters. The Kier molecular flexibility index (Phi) is 4.78. The Balaban J connectivity index is 2.31. The van der Waals surface area contributed by atoms with E-state index in [0.29, 0.717) is 5.56 Å². The molecular weight excluding hydrogens is 282 g/mol. The lowest BCUT2D eigenvalue weighted by Crippen LogP contribution is -2.23. The summed E-state index contributed by atoms with van der Waals surface area (Å²) in [7, 11) is 0. The Morgan fingerprint density at radius 3 is 2.68 bits per heavy atom. The van der Waals surface area contributed by atoms with Gasteiger partial charge in [-0.25, -0.2) is 4.79 Å². The van der Waals surface area contributed by atoms with Crippen molar-refractivity contribution < 1.29 is 14.6 Å². The quantitative estimate of drug-likeness (QED) is 0.832. The molecule has 1 N–H and O–H groups in total. The molecule has 0 radical (unpaired) electrons. The Labute approximate surface area is 128 Å². The van der Waals surface area contributed by atoms with Crippen LogP contribution >= 0.6 is 0 Å². The predicted molar refractivity (Wildman–Crippen MR) is 83.5 cm³/mol. The van der Waals surface area contributed by atoms with Crippen LogP contribution < -0.4 is 10.3 Å². The molecule has 0 saturated carbocycles. The maximum atomic E-state index is 12.3. The molecular formula is C17H17NO4. The maximum absolute atomic E-state index is 12.3. The third-order valence-electron chi connectivity index (χ3n) is 3.05. The van der Waals surface area contributed by atoms with Gasteiger partial charge in [-0.05, 0) is 36.3 Å². The summed E-state index contributed by atoms with van der Waals surface area (Å²) >= 11 is 0. The highest BCUT2D eigenvalue weighted by atomic mass is 16.5. The predicted octanol–water partition coefficient (Wildman–Crippen LogP) is 2.55. The zero-order valence-corrected chi connectivity index (χ0v) is 12.3. The summed E-state index contributed by atoms with van der Waals surface area (Å²) in [5.74, 6) is -0.795. The standard InChI is InChI=1S/C17H17NO4/c1-12(2)11-22-15-8-5-9-18(16(15)19)10-13-6-3-4-7-14(13)17(20)21/h3-9H,1,10-11H2,2H3,(H,20,21). The molecule has 0 fully saturated rings. The van der Waals surface area contributed by atoms with Crippen LogP contribution in [0, 0.1) is 0 Å². The first kappa shape index (κ1) is 15.6. The number of benzene rings is 1. The molecule has 0 atom stereocenters. The molecule has 1 aromatic carbocycles. The number of carboxylic acids is 1. The zero-order valence-electron chi connectivity index (χ0n) is 12.3. The summed E-state index contributed by atoms with van der Waals surface area (Å²) in [5, 5.41) is 9.19. The minimum Gasteiger partial charge on any atom is -0.484 e. The second-order valence-electron chi connectivity index (χ2n) is 5.01. The number of hydrogen-bond donors (Lipinski definition) is 1. The average molecular weight is 299 g/mol. The molecule has 0 bridgehead atoms. The van der Waals surface area contributed by atoms with E-state index in [-0.39, 0.29) is 30.0 Å². The second-order valence-corrected chi connectivity index (χ2v) is 5.01. The van der Waals surface area contributed by atoms with Crippen LogP contribution in [0.15, 0.2) is 59.5 Å². The fourth-order valence-electron chi connectivity index (χ4n) is 2.00. The van der Waals surface area contributed by atoms with E-state index >= 15 is 0 Å². The normalized spacial score (nSPS) is 10.2. The lowest BCUT2D eigenvalue weighted by molar-refractivity contribution is 0.0695. The summed E-state index contributed by atoms with van der Waals surface area (Å²) in [6, 6.07) is 9.89. The number of aromatic carboxylic acids is 1. The molecule has 5 nitrogen and oxygen atoms in total. The molecule has 0 aliphatic rings. The van der Waals surface area contributed by atoms with E-state index in [0.717, 1.165) is 5.57 Å². The van der Waals surface area contributed by atoms with Crippen LogP contribution in [0.1, 0.15) is 22.8 Å². The van der Waals surface area contributed by atoms with Gasteiger partial charge in [0.2, 0.25) is 0 Å². The van der Waals surface area contributed by atoms with Gasteiger partial charge in [0.05, 0.1) is 12.1 Å². The Morgan fingerprint density at radius 1 is 1.27 bits per heavy atom. The molecule has 1 heterocycles. The Bertz CT molecular complexity index is 761. The summed E-state index contributed by atoms with van der Waals surface area (Å²) < 4.78 is 6.83. The first-order chi connectivity index (χ1) is 10.5. The number of aromatic nitrogens is 1. The highest BCUT2D eigenvalue weighted by Crippen LogP contribution is 2.11. The van der Waals surface area contributed by atoms with Crippen LogP contribution in [0.4, 0.5) is 0 Å². The van der Waals surface area contributed by atoms with Crippen molar-refractivity contribution in [1.82, 2.24) is 4.57 Å². The summed E-state index contributed by atoms with van der Waals surface area (Å²) in [5.41, 5.74) is 1.26. The molecule has 22 heavy (non-hydrogen) atoms. The third kappa shape index (κ3) is 3.63. The number of nitrogens with zero attached hydrogens (tertiary/aromatic N) is 1. The van der Waals surface area contributed by atoms with Gasteiger partial charge >= 0.3 is 5.97 Å². The second kappa shape index (κ2) is 6.76. The number of carbonyl (C=O) groups is 1. The van der Waals surface area contributed by atoms with Crippen LogP contribution in [-0.2, 0) is 6.54 Å². The van der Waals surface area contributed by atoms with Crippen molar-refractivity contribution in [3.05, 3.63) is 76.2 Å². The van der Waals surface area contributed by atoms with Gasteiger partial charge in [-0.1, -0.05) is 24.8 Å². The van der Waals surface area contributed by atoms with Crippen molar-refractivity contribution in [3.8, 4) is 5.75 Å². The molecule has 2 rings (SSSR count). The molecule has 1 aromatic heterocycles. The van der Waals surface area contributed by atoms with Gasteiger partial charge < -0.3 is 14.4 Å². The molecule has 0 amide bonds. The van der Waals surface area contributed by atoms with Crippen molar-refractivity contribution in [3.63, 3.8) is 0 Å². The van der Waals surface area contributed by atoms with Crippen LogP contribution in [0.25, 0.3) is 0 Å². The number of rotatable bonds is 6. The van der Waals surface area contributed by atoms with Gasteiger partial charge in [0.1, 0.15) is 6.61 Å². The minimum atomic E-state index is -1.02. The molecule has 5 heteroatoms. The van der Waals surface area contributed by atoms with Gasteiger partial charge in [0.15, 0.2) is 5.75 Å². The zero-order chi connectivity index (χ0) is 16.1. The molecule has 0 aliphatic carbocycles. The Morgan fingerprint density at radius 2 is 2.00 bits per heavy atom. The highest BCUT2D eigenvalue weighted by Gasteiger charge is 2.11. The van der Waals surface area contributed by atoms with E-state index in [1.54, 1.807) is 36.5 Å². The number of pyridine rings is 1. The largest absolute Gasteiger partial charge is 0.484 e. The lowest BCUT2D eigenvalue weighted by Gasteiger charge is -2.11. The van der Waals surface area contributed by atoms with Gasteiger partial charge in [0.25, 0.3) is 5.56 Å². The minimum absolute atomic E-state index is 0.172. The number of hydrogen-bond acceptors (Lipinski definition) is 3. The van der Waals surface area contributed by atoms with Crippen molar-refractivity contribution in [2.75, 3.05) is 6.61 Å². The van der Waals surface area contributed by atoms with Gasteiger partial charge in [0, 0.05) is 6.20 Å². The molecule has 0 saturated heterocycles. The van der Waals surface area contributed by atoms with Gasteiger partial charge in [-0.2, -0.15) is 0 Å². The number of carboxylic acid groups (broad SMARTS) is 1. The third-order valence-corrected chi connectivity index (χ3v) is 3.05. The van der Waals surface area contributed by atoms with E-state index < -0.39 is 5.97 Å². The monoisotopic (exact) mass is 299 g/mol. The first-order valence-corrected chi connectivity index (χ1v) is 6.77. The van der Waals surface area contributed by atoms with Crippen LogP contribution in [0.3, 0.4) is 0 Å². The highest BCUT2D eigenvalue weighted by molar-refractivity contribution is 5.89. The van der Waals surface area contributed by atoms with Crippen molar-refractivity contribution in [2.45, 2.75) is 13.5 Å². The van der Waals surface area contributed by atoms with Crippen molar-refractivity contribution >= 4 is 5.97 Å². The van der Waals surface area contributed by atoms with E-state index in [9.17, 15) is 14.7 Å². The SMILES string of the molecule is C=C(C)COc1cccn(Cc2ccccc2C(=O)O)c1=O. The van der Waals surface area contributed by atoms with Gasteiger partial charge in [-0.15, -0.1) is 0 Å². The molecule has 0 aliphatic heterocycles. The molecule has 2 aromatic rings. The molecule has 0 spiro atoms. The summed E-state index contributed by atoms with van der Waals surface area (Å²) in [4.78, 5) is 23.5. The van der Waals surface area contributed by atoms with E-state index in [2.05, 4.69) is 6.58 Å². The van der Waals surface area contributed by atoms with Crippen LogP contribution in [-0.4, -0.2) is 22.2 Å². The smallest absolute Gasteiger partial charge is 0.336 e. The van der Waals surface area contributed by atoms with Crippen LogP contribution in [0.2, 0.25) is 0 Å². The molecule has 114 valence electrons. The fraction of sp³-hybridized carbons (Fsp3) is 0.176. The van der Waals surface area contributed by atoms with Crippen molar-refractivity contribution in [1.29, 1.82) is 0 Å². The van der Waals surface area contributed by atoms with Crippen LogP contribution in [0.5, 0.6) is 5.75 Å². The topological polar surface area (TPSA) is 68.5 Å². The van der Waals surface area contributed by atoms with E-state index in [1.807, 2.05) is 6.92 Å². The first-order valence-electron chi connectivity index (χ1n) is 6.77. The summed E-state index contributed by atoms with van der Waals surface area (Å²) in [6.45, 7) is 5.97. The average Bonchev–Trinajstić information content (AvgIpc) is 2.48. The van der Waals surface area contributed by atoms with E-state index in [4.69, 9.17) is 4.74 Å². The Hall–Kier alpha value is -2.82. The summed E-state index contributed by atoms with van der Waals surface area (Å²) in [6.07, 6.45) is 1.61. The van der Waals surface area contributed by atoms with Crippen molar-refractivity contribution in [2.24, 2.45) is 0 Å². The lowest BCUT2D eigenvalue weighted by atomic mass is 10.1. The van der Waals surface area contributed by atoms with E-state index in [1.165, 1.54) is 10.6 Å². The maximum Gasteiger partial charge on any atom is 0.336 e. The van der Waals surface area contributed by atoms with Gasteiger partial charge in [-0.3, -0.25) is 4.79 Å².